The second kappa shape index (κ2) is 8.39. The number of aryl methyl sites for hydroxylation is 2. The predicted octanol–water partition coefficient (Wildman–Crippen LogP) is 3.26. The molecule has 0 bridgehead atoms. The maximum atomic E-state index is 12.7. The van der Waals surface area contributed by atoms with Crippen LogP contribution in [0.1, 0.15) is 25.0 Å². The Kier molecular flexibility index (Phi) is 6.40. The van der Waals surface area contributed by atoms with Gasteiger partial charge in [-0.1, -0.05) is 25.1 Å². The van der Waals surface area contributed by atoms with Gasteiger partial charge < -0.3 is 5.32 Å². The van der Waals surface area contributed by atoms with E-state index in [-0.39, 0.29) is 11.4 Å². The fourth-order valence-electron chi connectivity index (χ4n) is 2.78. The van der Waals surface area contributed by atoms with E-state index in [0.29, 0.717) is 11.3 Å². The van der Waals surface area contributed by atoms with Crippen molar-refractivity contribution in [3.63, 3.8) is 0 Å². The summed E-state index contributed by atoms with van der Waals surface area (Å²) < 4.78 is 25.7. The number of non-ortho nitro benzene ring substituents is 1. The summed E-state index contributed by atoms with van der Waals surface area (Å²) in [6.07, 6.45) is 1.84. The largest absolute Gasteiger partial charge is 0.324 e. The van der Waals surface area contributed by atoms with Gasteiger partial charge in [0.05, 0.1) is 22.6 Å². The summed E-state index contributed by atoms with van der Waals surface area (Å²) in [7, 11) is -3.74. The molecular formula is C19H23N3O5S. The number of carbonyl (C=O) groups is 1. The molecule has 0 spiro atoms. The molecule has 0 radical (unpaired) electrons. The third-order valence-corrected chi connectivity index (χ3v) is 5.62. The van der Waals surface area contributed by atoms with Crippen LogP contribution in [0.2, 0.25) is 0 Å². The first kappa shape index (κ1) is 21.4. The van der Waals surface area contributed by atoms with Crippen LogP contribution in [0.5, 0.6) is 0 Å². The van der Waals surface area contributed by atoms with Crippen molar-refractivity contribution in [3.8, 4) is 0 Å². The van der Waals surface area contributed by atoms with E-state index in [4.69, 9.17) is 0 Å². The van der Waals surface area contributed by atoms with Crippen LogP contribution in [0.4, 0.5) is 17.1 Å². The van der Waals surface area contributed by atoms with Gasteiger partial charge in [-0.3, -0.25) is 19.2 Å². The number of nitro groups is 1. The van der Waals surface area contributed by atoms with Gasteiger partial charge >= 0.3 is 0 Å². The van der Waals surface area contributed by atoms with Crippen LogP contribution in [0, 0.1) is 17.0 Å². The van der Waals surface area contributed by atoms with Gasteiger partial charge in [-0.05, 0) is 43.5 Å². The van der Waals surface area contributed by atoms with Crippen molar-refractivity contribution < 1.29 is 18.1 Å². The molecule has 28 heavy (non-hydrogen) atoms. The van der Waals surface area contributed by atoms with E-state index < -0.39 is 26.9 Å². The molecule has 8 nitrogen and oxygen atoms in total. The molecule has 0 saturated heterocycles. The summed E-state index contributed by atoms with van der Waals surface area (Å²) >= 11 is 0. The third-order valence-electron chi connectivity index (χ3n) is 4.38. The molecule has 9 heteroatoms. The first-order valence-corrected chi connectivity index (χ1v) is 10.5. The molecule has 150 valence electrons. The van der Waals surface area contributed by atoms with Crippen molar-refractivity contribution >= 4 is 33.0 Å². The molecule has 0 saturated carbocycles. The first-order valence-electron chi connectivity index (χ1n) is 8.68. The lowest BCUT2D eigenvalue weighted by Crippen LogP contribution is -2.45. The van der Waals surface area contributed by atoms with Gasteiger partial charge in [0.15, 0.2) is 0 Å². The lowest BCUT2D eigenvalue weighted by atomic mass is 10.1. The summed E-state index contributed by atoms with van der Waals surface area (Å²) in [6, 6.07) is 9.99. The number of carbonyl (C=O) groups excluding carboxylic acids is 1. The Bertz CT molecular complexity index is 987. The highest BCUT2D eigenvalue weighted by Gasteiger charge is 2.29. The summed E-state index contributed by atoms with van der Waals surface area (Å²) in [5, 5.41) is 13.6. The van der Waals surface area contributed by atoms with Gasteiger partial charge in [0.25, 0.3) is 5.69 Å². The molecular weight excluding hydrogens is 382 g/mol. The van der Waals surface area contributed by atoms with Crippen LogP contribution in [-0.4, -0.2) is 31.5 Å². The number of amides is 1. The van der Waals surface area contributed by atoms with E-state index in [0.717, 1.165) is 22.5 Å². The number of rotatable bonds is 7. The quantitative estimate of drug-likeness (QED) is 0.562. The van der Waals surface area contributed by atoms with Crippen molar-refractivity contribution in [2.45, 2.75) is 33.2 Å². The number of anilines is 2. The molecule has 1 amide bonds. The van der Waals surface area contributed by atoms with Gasteiger partial charge in [0.1, 0.15) is 6.04 Å². The Morgan fingerprint density at radius 3 is 2.32 bits per heavy atom. The van der Waals surface area contributed by atoms with Crippen molar-refractivity contribution in [1.82, 2.24) is 0 Å². The lowest BCUT2D eigenvalue weighted by Gasteiger charge is -2.28. The van der Waals surface area contributed by atoms with Crippen molar-refractivity contribution in [2.24, 2.45) is 0 Å². The number of sulfonamides is 1. The van der Waals surface area contributed by atoms with Crippen LogP contribution >= 0.6 is 0 Å². The Hall–Kier alpha value is -2.94. The SMILES string of the molecule is CCc1ccc(N([C@H](C)C(=O)Nc2cc([N+](=O)[O-])ccc2C)S(C)(=O)=O)cc1. The van der Waals surface area contributed by atoms with Gasteiger partial charge in [-0.15, -0.1) is 0 Å². The molecule has 2 aromatic rings. The van der Waals surface area contributed by atoms with Crippen molar-refractivity contribution in [1.29, 1.82) is 0 Å². The minimum absolute atomic E-state index is 0.163. The van der Waals surface area contributed by atoms with Gasteiger partial charge in [0, 0.05) is 12.1 Å². The van der Waals surface area contributed by atoms with Gasteiger partial charge in [-0.2, -0.15) is 0 Å². The van der Waals surface area contributed by atoms with Crippen LogP contribution in [-0.2, 0) is 21.2 Å². The molecule has 0 aliphatic carbocycles. The molecule has 0 aliphatic rings. The molecule has 2 aromatic carbocycles. The number of hydrogen-bond donors (Lipinski definition) is 1. The van der Waals surface area contributed by atoms with Crippen LogP contribution in [0.15, 0.2) is 42.5 Å². The number of benzene rings is 2. The van der Waals surface area contributed by atoms with Gasteiger partial charge in [-0.25, -0.2) is 8.42 Å². The number of nitrogens with one attached hydrogen (secondary N) is 1. The molecule has 0 aromatic heterocycles. The first-order chi connectivity index (χ1) is 13.0. The van der Waals surface area contributed by atoms with Crippen LogP contribution < -0.4 is 9.62 Å². The number of nitro benzene ring substituents is 1. The van der Waals surface area contributed by atoms with E-state index in [1.54, 1.807) is 19.1 Å². The minimum atomic E-state index is -3.74. The average Bonchev–Trinajstić information content (AvgIpc) is 2.62. The monoisotopic (exact) mass is 405 g/mol. The third kappa shape index (κ3) is 4.86. The molecule has 1 atom stereocenters. The second-order valence-electron chi connectivity index (χ2n) is 6.50. The number of nitrogens with zero attached hydrogens (tertiary/aromatic N) is 2. The standard InChI is InChI=1S/C19H23N3O5S/c1-5-15-7-10-16(11-8-15)21(28(4,26)27)14(3)19(23)20-18-12-17(22(24)25)9-6-13(18)2/h6-12,14H,5H2,1-4H3,(H,20,23)/t14-/m1/s1. The predicted molar refractivity (Wildman–Crippen MR) is 109 cm³/mol. The van der Waals surface area contributed by atoms with Crippen molar-refractivity contribution in [2.75, 3.05) is 15.9 Å². The van der Waals surface area contributed by atoms with E-state index in [9.17, 15) is 23.3 Å². The fraction of sp³-hybridized carbons (Fsp3) is 0.316. The Morgan fingerprint density at radius 2 is 1.82 bits per heavy atom. The summed E-state index contributed by atoms with van der Waals surface area (Å²) in [4.78, 5) is 23.2. The highest BCUT2D eigenvalue weighted by molar-refractivity contribution is 7.92. The fourth-order valence-corrected chi connectivity index (χ4v) is 3.96. The van der Waals surface area contributed by atoms with E-state index in [2.05, 4.69) is 5.32 Å². The highest BCUT2D eigenvalue weighted by atomic mass is 32.2. The minimum Gasteiger partial charge on any atom is -0.324 e. The molecule has 0 unspecified atom stereocenters. The maximum Gasteiger partial charge on any atom is 0.271 e. The zero-order valence-electron chi connectivity index (χ0n) is 16.2. The normalized spacial score (nSPS) is 12.3. The summed E-state index contributed by atoms with van der Waals surface area (Å²) in [5.41, 5.74) is 2.15. The lowest BCUT2D eigenvalue weighted by molar-refractivity contribution is -0.384. The summed E-state index contributed by atoms with van der Waals surface area (Å²) in [6.45, 7) is 5.15. The van der Waals surface area contributed by atoms with Crippen LogP contribution in [0.25, 0.3) is 0 Å². The maximum absolute atomic E-state index is 12.7. The van der Waals surface area contributed by atoms with E-state index in [1.807, 2.05) is 19.1 Å². The topological polar surface area (TPSA) is 110 Å². The molecule has 0 fully saturated rings. The second-order valence-corrected chi connectivity index (χ2v) is 8.36. The smallest absolute Gasteiger partial charge is 0.271 e. The average molecular weight is 405 g/mol. The molecule has 1 N–H and O–H groups in total. The zero-order valence-corrected chi connectivity index (χ0v) is 17.0. The molecule has 0 aliphatic heterocycles. The van der Waals surface area contributed by atoms with Crippen molar-refractivity contribution in [3.05, 3.63) is 63.7 Å². The Labute approximate surface area is 164 Å². The van der Waals surface area contributed by atoms with E-state index >= 15 is 0 Å². The van der Waals surface area contributed by atoms with E-state index in [1.165, 1.54) is 25.1 Å². The number of hydrogen-bond acceptors (Lipinski definition) is 5. The van der Waals surface area contributed by atoms with Gasteiger partial charge in [0.2, 0.25) is 15.9 Å². The Morgan fingerprint density at radius 1 is 1.21 bits per heavy atom. The van der Waals surface area contributed by atoms with Crippen LogP contribution in [0.3, 0.4) is 0 Å². The Balaban J connectivity index is 2.34. The highest BCUT2D eigenvalue weighted by Crippen LogP contribution is 2.25. The zero-order chi connectivity index (χ0) is 21.1. The molecule has 0 heterocycles. The molecule has 2 rings (SSSR count). The summed E-state index contributed by atoms with van der Waals surface area (Å²) in [5.74, 6) is -0.589.